The molecule has 0 spiro atoms. The van der Waals surface area contributed by atoms with Gasteiger partial charge < -0.3 is 15.0 Å². The summed E-state index contributed by atoms with van der Waals surface area (Å²) in [7, 11) is 0. The van der Waals surface area contributed by atoms with Gasteiger partial charge in [-0.3, -0.25) is 4.79 Å². The summed E-state index contributed by atoms with van der Waals surface area (Å²) >= 11 is 0. The number of hydrogen-bond donors (Lipinski definition) is 1. The SMILES string of the molecule is Cl.O=C([C@H]1CNCCO1)N(Cc1ccc2ccccc2c1)C1CC1. The fourth-order valence-corrected chi connectivity index (χ4v) is 3.22. The third kappa shape index (κ3) is 3.72. The van der Waals surface area contributed by atoms with Crippen LogP contribution in [-0.2, 0) is 16.1 Å². The number of hydrogen-bond acceptors (Lipinski definition) is 3. The van der Waals surface area contributed by atoms with Crippen molar-refractivity contribution in [2.45, 2.75) is 31.5 Å². The largest absolute Gasteiger partial charge is 0.366 e. The van der Waals surface area contributed by atoms with E-state index in [9.17, 15) is 4.79 Å². The van der Waals surface area contributed by atoms with Crippen LogP contribution in [0, 0.1) is 0 Å². The number of halogens is 1. The van der Waals surface area contributed by atoms with Crippen LogP contribution < -0.4 is 5.32 Å². The molecular formula is C19H23ClN2O2. The van der Waals surface area contributed by atoms with Gasteiger partial charge in [0.1, 0.15) is 6.10 Å². The van der Waals surface area contributed by atoms with Crippen LogP contribution in [0.3, 0.4) is 0 Å². The molecule has 1 saturated carbocycles. The van der Waals surface area contributed by atoms with E-state index in [-0.39, 0.29) is 24.4 Å². The predicted octanol–water partition coefficient (Wildman–Crippen LogP) is 2.74. The third-order valence-corrected chi connectivity index (χ3v) is 4.64. The Labute approximate surface area is 148 Å². The van der Waals surface area contributed by atoms with Crippen molar-refractivity contribution in [1.29, 1.82) is 0 Å². The monoisotopic (exact) mass is 346 g/mol. The molecule has 0 aromatic heterocycles. The van der Waals surface area contributed by atoms with Crippen molar-refractivity contribution in [1.82, 2.24) is 10.2 Å². The highest BCUT2D eigenvalue weighted by atomic mass is 35.5. The normalized spacial score (nSPS) is 20.4. The van der Waals surface area contributed by atoms with E-state index in [1.165, 1.54) is 16.3 Å². The van der Waals surface area contributed by atoms with Gasteiger partial charge in [-0.05, 0) is 35.2 Å². The Morgan fingerprint density at radius 3 is 2.67 bits per heavy atom. The second kappa shape index (κ2) is 7.51. The summed E-state index contributed by atoms with van der Waals surface area (Å²) < 4.78 is 5.65. The molecule has 1 N–H and O–H groups in total. The molecule has 2 aromatic rings. The Balaban J connectivity index is 0.00000169. The molecule has 0 radical (unpaired) electrons. The molecule has 4 nitrogen and oxygen atoms in total. The Kier molecular flexibility index (Phi) is 5.39. The van der Waals surface area contributed by atoms with Crippen LogP contribution in [0.15, 0.2) is 42.5 Å². The number of amides is 1. The molecule has 128 valence electrons. The van der Waals surface area contributed by atoms with Gasteiger partial charge in [-0.25, -0.2) is 0 Å². The number of nitrogens with one attached hydrogen (secondary N) is 1. The molecular weight excluding hydrogens is 324 g/mol. The van der Waals surface area contributed by atoms with Crippen LogP contribution in [0.25, 0.3) is 10.8 Å². The quantitative estimate of drug-likeness (QED) is 0.925. The maximum atomic E-state index is 12.8. The lowest BCUT2D eigenvalue weighted by Gasteiger charge is -2.30. The smallest absolute Gasteiger partial charge is 0.253 e. The fraction of sp³-hybridized carbons (Fsp3) is 0.421. The van der Waals surface area contributed by atoms with E-state index in [1.807, 2.05) is 4.90 Å². The zero-order valence-electron chi connectivity index (χ0n) is 13.6. The first kappa shape index (κ1) is 17.2. The summed E-state index contributed by atoms with van der Waals surface area (Å²) in [5, 5.41) is 5.71. The number of morpholine rings is 1. The van der Waals surface area contributed by atoms with Crippen molar-refractivity contribution < 1.29 is 9.53 Å². The highest BCUT2D eigenvalue weighted by Crippen LogP contribution is 2.30. The summed E-state index contributed by atoms with van der Waals surface area (Å²) in [4.78, 5) is 14.8. The van der Waals surface area contributed by atoms with Crippen molar-refractivity contribution in [3.05, 3.63) is 48.0 Å². The number of carbonyl (C=O) groups excluding carboxylic acids is 1. The average molecular weight is 347 g/mol. The molecule has 2 aliphatic rings. The first-order chi connectivity index (χ1) is 11.3. The second-order valence-corrected chi connectivity index (χ2v) is 6.44. The Hall–Kier alpha value is -1.62. The van der Waals surface area contributed by atoms with Crippen LogP contribution in [0.4, 0.5) is 0 Å². The summed E-state index contributed by atoms with van der Waals surface area (Å²) in [6.07, 6.45) is 1.89. The van der Waals surface area contributed by atoms with Gasteiger partial charge in [0.05, 0.1) is 6.61 Å². The topological polar surface area (TPSA) is 41.6 Å². The number of carbonyl (C=O) groups is 1. The van der Waals surface area contributed by atoms with Crippen molar-refractivity contribution in [3.63, 3.8) is 0 Å². The van der Waals surface area contributed by atoms with E-state index in [0.717, 1.165) is 19.4 Å². The first-order valence-corrected chi connectivity index (χ1v) is 8.42. The van der Waals surface area contributed by atoms with Crippen molar-refractivity contribution in [2.75, 3.05) is 19.7 Å². The van der Waals surface area contributed by atoms with Gasteiger partial charge in [0.15, 0.2) is 0 Å². The molecule has 4 rings (SSSR count). The van der Waals surface area contributed by atoms with E-state index in [2.05, 4.69) is 47.8 Å². The number of fused-ring (bicyclic) bond motifs is 1. The Morgan fingerprint density at radius 2 is 1.96 bits per heavy atom. The van der Waals surface area contributed by atoms with Gasteiger partial charge in [0.25, 0.3) is 5.91 Å². The van der Waals surface area contributed by atoms with Crippen molar-refractivity contribution >= 4 is 29.1 Å². The summed E-state index contributed by atoms with van der Waals surface area (Å²) in [5.74, 6) is 0.132. The number of nitrogens with zero attached hydrogens (tertiary/aromatic N) is 1. The molecule has 1 atom stereocenters. The Bertz CT molecular complexity index is 711. The lowest BCUT2D eigenvalue weighted by molar-refractivity contribution is -0.146. The molecule has 2 fully saturated rings. The number of benzene rings is 2. The molecule has 2 aromatic carbocycles. The van der Waals surface area contributed by atoms with E-state index in [1.54, 1.807) is 0 Å². The van der Waals surface area contributed by atoms with E-state index >= 15 is 0 Å². The summed E-state index contributed by atoms with van der Waals surface area (Å²) in [5.41, 5.74) is 1.19. The predicted molar refractivity (Wildman–Crippen MR) is 97.4 cm³/mol. The maximum absolute atomic E-state index is 12.8. The van der Waals surface area contributed by atoms with E-state index < -0.39 is 0 Å². The first-order valence-electron chi connectivity index (χ1n) is 8.42. The van der Waals surface area contributed by atoms with Gasteiger partial charge >= 0.3 is 0 Å². The Morgan fingerprint density at radius 1 is 1.17 bits per heavy atom. The second-order valence-electron chi connectivity index (χ2n) is 6.44. The molecule has 1 aliphatic carbocycles. The zero-order chi connectivity index (χ0) is 15.6. The maximum Gasteiger partial charge on any atom is 0.253 e. The third-order valence-electron chi connectivity index (χ3n) is 4.64. The highest BCUT2D eigenvalue weighted by Gasteiger charge is 2.36. The minimum absolute atomic E-state index is 0. The standard InChI is InChI=1S/C19H22N2O2.ClH/c22-19(18-12-20-9-10-23-18)21(17-7-8-17)13-14-5-6-15-3-1-2-4-16(15)11-14;/h1-6,11,17-18,20H,7-10,12-13H2;1H/t18-;/m1./s1. The van der Waals surface area contributed by atoms with Gasteiger partial charge in [0, 0.05) is 25.7 Å². The number of rotatable bonds is 4. The van der Waals surface area contributed by atoms with Crippen LogP contribution in [-0.4, -0.2) is 42.6 Å². The highest BCUT2D eigenvalue weighted by molar-refractivity contribution is 5.85. The lowest BCUT2D eigenvalue weighted by Crippen LogP contribution is -2.49. The summed E-state index contributed by atoms with van der Waals surface area (Å²) in [6.45, 7) is 2.75. The molecule has 0 unspecified atom stereocenters. The molecule has 1 amide bonds. The molecule has 0 bridgehead atoms. The van der Waals surface area contributed by atoms with Crippen LogP contribution in [0.1, 0.15) is 18.4 Å². The minimum atomic E-state index is -0.329. The number of ether oxygens (including phenoxy) is 1. The fourth-order valence-electron chi connectivity index (χ4n) is 3.22. The van der Waals surface area contributed by atoms with Crippen molar-refractivity contribution in [2.24, 2.45) is 0 Å². The van der Waals surface area contributed by atoms with Gasteiger partial charge in [-0.2, -0.15) is 0 Å². The van der Waals surface area contributed by atoms with Gasteiger partial charge in [0.2, 0.25) is 0 Å². The average Bonchev–Trinajstić information content (AvgIpc) is 3.45. The van der Waals surface area contributed by atoms with Gasteiger partial charge in [-0.1, -0.05) is 36.4 Å². The molecule has 1 heterocycles. The molecule has 1 saturated heterocycles. The zero-order valence-corrected chi connectivity index (χ0v) is 14.4. The van der Waals surface area contributed by atoms with Gasteiger partial charge in [-0.15, -0.1) is 12.4 Å². The van der Waals surface area contributed by atoms with Crippen LogP contribution in [0.5, 0.6) is 0 Å². The molecule has 1 aliphatic heterocycles. The van der Waals surface area contributed by atoms with Crippen LogP contribution >= 0.6 is 12.4 Å². The molecule has 5 heteroatoms. The van der Waals surface area contributed by atoms with E-state index in [0.29, 0.717) is 25.7 Å². The lowest BCUT2D eigenvalue weighted by atomic mass is 10.1. The minimum Gasteiger partial charge on any atom is -0.366 e. The van der Waals surface area contributed by atoms with Crippen molar-refractivity contribution in [3.8, 4) is 0 Å². The van der Waals surface area contributed by atoms with Crippen LogP contribution in [0.2, 0.25) is 0 Å². The van der Waals surface area contributed by atoms with E-state index in [4.69, 9.17) is 4.74 Å². The summed E-state index contributed by atoms with van der Waals surface area (Å²) in [6, 6.07) is 15.2. The molecule has 24 heavy (non-hydrogen) atoms.